The highest BCUT2D eigenvalue weighted by Gasteiger charge is 2.18. The molecule has 1 aliphatic heterocycles. The lowest BCUT2D eigenvalue weighted by molar-refractivity contribution is -0.130. The summed E-state index contributed by atoms with van der Waals surface area (Å²) >= 11 is 0. The molecule has 0 radical (unpaired) electrons. The maximum absolute atomic E-state index is 11.4. The molecule has 0 bridgehead atoms. The topological polar surface area (TPSA) is 46.3 Å². The van der Waals surface area contributed by atoms with Crippen LogP contribution in [-0.4, -0.2) is 30.4 Å². The minimum absolute atomic E-state index is 0.282. The van der Waals surface area contributed by atoms with Gasteiger partial charge in [-0.1, -0.05) is 6.92 Å². The summed E-state index contributed by atoms with van der Waals surface area (Å²) in [6.07, 6.45) is 2.88. The molecule has 3 heteroatoms. The van der Waals surface area contributed by atoms with Gasteiger partial charge in [0, 0.05) is 26.1 Å². The van der Waals surface area contributed by atoms with Gasteiger partial charge in [0.05, 0.1) is 0 Å². The molecule has 0 aromatic carbocycles. The molecule has 0 spiro atoms. The van der Waals surface area contributed by atoms with Crippen molar-refractivity contribution in [1.29, 1.82) is 0 Å². The maximum Gasteiger partial charge on any atom is 0.222 e. The molecule has 1 aliphatic rings. The van der Waals surface area contributed by atoms with Gasteiger partial charge in [-0.25, -0.2) is 0 Å². The van der Waals surface area contributed by atoms with Crippen LogP contribution in [0.4, 0.5) is 0 Å². The summed E-state index contributed by atoms with van der Waals surface area (Å²) in [6.45, 7) is 4.42. The quantitative estimate of drug-likeness (QED) is 0.659. The van der Waals surface area contributed by atoms with E-state index in [9.17, 15) is 4.79 Å². The average Bonchev–Trinajstić information content (AvgIpc) is 2.20. The largest absolute Gasteiger partial charge is 0.341 e. The molecule has 2 N–H and O–H groups in total. The van der Waals surface area contributed by atoms with Gasteiger partial charge in [0.25, 0.3) is 0 Å². The lowest BCUT2D eigenvalue weighted by Gasteiger charge is -2.19. The van der Waals surface area contributed by atoms with E-state index in [4.69, 9.17) is 5.73 Å². The molecule has 1 unspecified atom stereocenters. The van der Waals surface area contributed by atoms with Crippen molar-refractivity contribution in [2.75, 3.05) is 19.6 Å². The molecule has 0 aliphatic carbocycles. The molecular weight excluding hydrogens is 152 g/mol. The SMILES string of the molecule is CC1CCC(=O)N(CCN)CC1. The Labute approximate surface area is 73.9 Å². The fourth-order valence-corrected chi connectivity index (χ4v) is 1.57. The van der Waals surface area contributed by atoms with Crippen LogP contribution < -0.4 is 5.73 Å². The molecule has 1 atom stereocenters. The van der Waals surface area contributed by atoms with Crippen LogP contribution in [0.5, 0.6) is 0 Å². The minimum atomic E-state index is 0.282. The van der Waals surface area contributed by atoms with Crippen molar-refractivity contribution in [3.05, 3.63) is 0 Å². The Morgan fingerprint density at radius 2 is 2.33 bits per heavy atom. The van der Waals surface area contributed by atoms with Crippen molar-refractivity contribution in [3.8, 4) is 0 Å². The van der Waals surface area contributed by atoms with Crippen molar-refractivity contribution in [1.82, 2.24) is 4.90 Å². The molecule has 0 saturated carbocycles. The Balaban J connectivity index is 2.44. The number of hydrogen-bond donors (Lipinski definition) is 1. The van der Waals surface area contributed by atoms with Crippen LogP contribution in [0.2, 0.25) is 0 Å². The zero-order valence-corrected chi connectivity index (χ0v) is 7.75. The second-order valence-electron chi connectivity index (χ2n) is 3.60. The van der Waals surface area contributed by atoms with E-state index in [2.05, 4.69) is 6.92 Å². The Kier molecular flexibility index (Phi) is 3.53. The summed E-state index contributed by atoms with van der Waals surface area (Å²) in [5, 5.41) is 0. The fraction of sp³-hybridized carbons (Fsp3) is 0.889. The number of rotatable bonds is 2. The number of carbonyl (C=O) groups excluding carboxylic acids is 1. The van der Waals surface area contributed by atoms with Crippen LogP contribution in [0.25, 0.3) is 0 Å². The van der Waals surface area contributed by atoms with E-state index in [1.54, 1.807) is 0 Å². The van der Waals surface area contributed by atoms with Gasteiger partial charge < -0.3 is 10.6 Å². The van der Waals surface area contributed by atoms with Gasteiger partial charge in [-0.05, 0) is 18.8 Å². The number of likely N-dealkylation sites (tertiary alicyclic amines) is 1. The monoisotopic (exact) mass is 170 g/mol. The van der Waals surface area contributed by atoms with Gasteiger partial charge in [0.1, 0.15) is 0 Å². The molecule has 0 aromatic rings. The lowest BCUT2D eigenvalue weighted by atomic mass is 10.0. The van der Waals surface area contributed by atoms with Gasteiger partial charge in [0.15, 0.2) is 0 Å². The van der Waals surface area contributed by atoms with Gasteiger partial charge in [-0.3, -0.25) is 4.79 Å². The van der Waals surface area contributed by atoms with Gasteiger partial charge in [-0.15, -0.1) is 0 Å². The summed E-state index contributed by atoms with van der Waals surface area (Å²) in [6, 6.07) is 0. The summed E-state index contributed by atoms with van der Waals surface area (Å²) in [5.41, 5.74) is 5.41. The number of amides is 1. The second-order valence-corrected chi connectivity index (χ2v) is 3.60. The third-order valence-corrected chi connectivity index (χ3v) is 2.49. The molecule has 12 heavy (non-hydrogen) atoms. The summed E-state index contributed by atoms with van der Waals surface area (Å²) in [5.74, 6) is 0.974. The third-order valence-electron chi connectivity index (χ3n) is 2.49. The summed E-state index contributed by atoms with van der Waals surface area (Å²) in [4.78, 5) is 13.3. The Morgan fingerprint density at radius 1 is 1.58 bits per heavy atom. The first-order chi connectivity index (χ1) is 5.74. The first kappa shape index (κ1) is 9.52. The highest BCUT2D eigenvalue weighted by atomic mass is 16.2. The van der Waals surface area contributed by atoms with E-state index in [1.807, 2.05) is 4.90 Å². The predicted octanol–water partition coefficient (Wildman–Crippen LogP) is 0.594. The molecule has 70 valence electrons. The van der Waals surface area contributed by atoms with E-state index in [0.717, 1.165) is 25.9 Å². The average molecular weight is 170 g/mol. The van der Waals surface area contributed by atoms with E-state index in [-0.39, 0.29) is 5.91 Å². The van der Waals surface area contributed by atoms with Crippen molar-refractivity contribution < 1.29 is 4.79 Å². The van der Waals surface area contributed by atoms with Crippen LogP contribution >= 0.6 is 0 Å². The summed E-state index contributed by atoms with van der Waals surface area (Å²) in [7, 11) is 0. The van der Waals surface area contributed by atoms with Crippen LogP contribution in [-0.2, 0) is 4.79 Å². The normalized spacial score (nSPS) is 25.7. The molecule has 1 amide bonds. The standard InChI is InChI=1S/C9H18N2O/c1-8-2-3-9(12)11(6-4-8)7-5-10/h8H,2-7,10H2,1H3. The smallest absolute Gasteiger partial charge is 0.222 e. The molecule has 3 nitrogen and oxygen atoms in total. The molecule has 1 rings (SSSR count). The molecule has 1 saturated heterocycles. The molecule has 1 heterocycles. The number of hydrogen-bond acceptors (Lipinski definition) is 2. The Bertz CT molecular complexity index is 159. The van der Waals surface area contributed by atoms with Crippen molar-refractivity contribution >= 4 is 5.91 Å². The maximum atomic E-state index is 11.4. The molecular formula is C9H18N2O. The number of nitrogens with zero attached hydrogens (tertiary/aromatic N) is 1. The van der Waals surface area contributed by atoms with Gasteiger partial charge in [0.2, 0.25) is 5.91 Å². The first-order valence-corrected chi connectivity index (χ1v) is 4.72. The zero-order valence-electron chi connectivity index (χ0n) is 7.75. The van der Waals surface area contributed by atoms with E-state index >= 15 is 0 Å². The predicted molar refractivity (Wildman–Crippen MR) is 48.6 cm³/mol. The summed E-state index contributed by atoms with van der Waals surface area (Å²) < 4.78 is 0. The zero-order chi connectivity index (χ0) is 8.97. The fourth-order valence-electron chi connectivity index (χ4n) is 1.57. The number of carbonyl (C=O) groups is 1. The van der Waals surface area contributed by atoms with E-state index in [0.29, 0.717) is 18.9 Å². The number of nitrogens with two attached hydrogens (primary N) is 1. The molecule has 1 fully saturated rings. The highest BCUT2D eigenvalue weighted by Crippen LogP contribution is 2.16. The van der Waals surface area contributed by atoms with Crippen LogP contribution in [0.15, 0.2) is 0 Å². The van der Waals surface area contributed by atoms with Crippen molar-refractivity contribution in [2.45, 2.75) is 26.2 Å². The third kappa shape index (κ3) is 2.48. The van der Waals surface area contributed by atoms with Gasteiger partial charge in [-0.2, -0.15) is 0 Å². The lowest BCUT2D eigenvalue weighted by Crippen LogP contribution is -2.34. The van der Waals surface area contributed by atoms with E-state index in [1.165, 1.54) is 0 Å². The van der Waals surface area contributed by atoms with Crippen LogP contribution in [0, 0.1) is 5.92 Å². The van der Waals surface area contributed by atoms with E-state index < -0.39 is 0 Å². The Hall–Kier alpha value is -0.570. The highest BCUT2D eigenvalue weighted by molar-refractivity contribution is 5.76. The molecule has 0 aromatic heterocycles. The van der Waals surface area contributed by atoms with Gasteiger partial charge >= 0.3 is 0 Å². The van der Waals surface area contributed by atoms with Crippen molar-refractivity contribution in [3.63, 3.8) is 0 Å². The van der Waals surface area contributed by atoms with Crippen molar-refractivity contribution in [2.24, 2.45) is 11.7 Å². The van der Waals surface area contributed by atoms with Crippen LogP contribution in [0.1, 0.15) is 26.2 Å². The Morgan fingerprint density at radius 3 is 3.00 bits per heavy atom. The second kappa shape index (κ2) is 4.45. The van der Waals surface area contributed by atoms with Crippen LogP contribution in [0.3, 0.4) is 0 Å². The first-order valence-electron chi connectivity index (χ1n) is 4.72. The minimum Gasteiger partial charge on any atom is -0.341 e.